The van der Waals surface area contributed by atoms with Gasteiger partial charge in [-0.15, -0.1) is 0 Å². The van der Waals surface area contributed by atoms with Gasteiger partial charge in [0.05, 0.1) is 6.61 Å². The van der Waals surface area contributed by atoms with Crippen molar-refractivity contribution in [2.75, 3.05) is 6.61 Å². The highest BCUT2D eigenvalue weighted by atomic mass is 16.5. The minimum atomic E-state index is -0.325. The van der Waals surface area contributed by atoms with Gasteiger partial charge in [-0.3, -0.25) is 4.79 Å². The SMILES string of the molecule is CCOC(=O)/C=C/C=C(c1ccccc1)c1ccccc1.O=CC=C(c1ccccc1)c1ccccc1. The van der Waals surface area contributed by atoms with E-state index in [1.54, 1.807) is 19.1 Å². The van der Waals surface area contributed by atoms with E-state index in [0.717, 1.165) is 39.7 Å². The Bertz CT molecular complexity index is 1240. The first-order valence-electron chi connectivity index (χ1n) is 12.1. The Morgan fingerprint density at radius 1 is 0.595 bits per heavy atom. The van der Waals surface area contributed by atoms with Crippen molar-refractivity contribution >= 4 is 23.4 Å². The fourth-order valence-corrected chi connectivity index (χ4v) is 3.67. The third-order valence-corrected chi connectivity index (χ3v) is 5.36. The van der Waals surface area contributed by atoms with Crippen LogP contribution in [0.5, 0.6) is 0 Å². The number of ether oxygens (including phenoxy) is 1. The van der Waals surface area contributed by atoms with Crippen LogP contribution < -0.4 is 0 Å². The van der Waals surface area contributed by atoms with Crippen LogP contribution in [0.1, 0.15) is 29.2 Å². The molecule has 37 heavy (non-hydrogen) atoms. The molecule has 3 heteroatoms. The average molecular weight is 487 g/mol. The van der Waals surface area contributed by atoms with Gasteiger partial charge in [-0.2, -0.15) is 0 Å². The first kappa shape index (κ1) is 26.8. The summed E-state index contributed by atoms with van der Waals surface area (Å²) in [7, 11) is 0. The maximum absolute atomic E-state index is 11.4. The molecule has 0 aliphatic rings. The topological polar surface area (TPSA) is 43.4 Å². The summed E-state index contributed by atoms with van der Waals surface area (Å²) in [5.41, 5.74) is 6.35. The standard InChI is InChI=1S/C19H18O2.C15H12O/c1-2-21-19(20)15-9-14-18(16-10-5-3-6-11-16)17-12-7-4-8-13-17;16-12-11-15(13-7-3-1-4-8-13)14-9-5-2-6-10-14/h3-15H,2H2,1H3;1-12H/b15-9+;. The number of hydrogen-bond donors (Lipinski definition) is 0. The van der Waals surface area contributed by atoms with Crippen molar-refractivity contribution in [3.63, 3.8) is 0 Å². The Hall–Kier alpha value is -4.76. The number of benzene rings is 4. The molecule has 0 aliphatic carbocycles. The van der Waals surface area contributed by atoms with Gasteiger partial charge in [0, 0.05) is 6.08 Å². The predicted octanol–water partition coefficient (Wildman–Crippen LogP) is 7.55. The normalized spacial score (nSPS) is 9.97. The lowest BCUT2D eigenvalue weighted by molar-refractivity contribution is -0.137. The number of carbonyl (C=O) groups excluding carboxylic acids is 2. The summed E-state index contributed by atoms with van der Waals surface area (Å²) < 4.78 is 4.88. The highest BCUT2D eigenvalue weighted by Gasteiger charge is 2.04. The average Bonchev–Trinajstić information content (AvgIpc) is 2.96. The van der Waals surface area contributed by atoms with Gasteiger partial charge in [0.2, 0.25) is 0 Å². The summed E-state index contributed by atoms with van der Waals surface area (Å²) in [6.07, 6.45) is 7.53. The van der Waals surface area contributed by atoms with E-state index in [0.29, 0.717) is 6.61 Å². The maximum atomic E-state index is 11.4. The van der Waals surface area contributed by atoms with Gasteiger partial charge in [0.15, 0.2) is 0 Å². The van der Waals surface area contributed by atoms with E-state index in [4.69, 9.17) is 4.74 Å². The maximum Gasteiger partial charge on any atom is 0.330 e. The van der Waals surface area contributed by atoms with E-state index >= 15 is 0 Å². The van der Waals surface area contributed by atoms with Crippen LogP contribution in [0.2, 0.25) is 0 Å². The lowest BCUT2D eigenvalue weighted by atomic mass is 9.97. The van der Waals surface area contributed by atoms with E-state index in [-0.39, 0.29) is 5.97 Å². The zero-order chi connectivity index (χ0) is 26.1. The molecular weight excluding hydrogens is 456 g/mol. The van der Waals surface area contributed by atoms with E-state index in [2.05, 4.69) is 24.3 Å². The Kier molecular flexibility index (Phi) is 11.1. The van der Waals surface area contributed by atoms with Crippen LogP contribution in [0.15, 0.2) is 146 Å². The van der Waals surface area contributed by atoms with Gasteiger partial charge in [-0.05, 0) is 46.4 Å². The second-order valence-corrected chi connectivity index (χ2v) is 7.87. The van der Waals surface area contributed by atoms with Crippen molar-refractivity contribution in [1.29, 1.82) is 0 Å². The molecule has 0 amide bonds. The molecular formula is C34H30O3. The molecule has 0 bridgehead atoms. The summed E-state index contributed by atoms with van der Waals surface area (Å²) in [5, 5.41) is 0. The minimum Gasteiger partial charge on any atom is -0.463 e. The Labute approximate surface area is 219 Å². The number of allylic oxidation sites excluding steroid dienone is 3. The monoisotopic (exact) mass is 486 g/mol. The summed E-state index contributed by atoms with van der Waals surface area (Å²) in [4.78, 5) is 22.0. The van der Waals surface area contributed by atoms with Gasteiger partial charge in [-0.25, -0.2) is 4.79 Å². The summed E-state index contributed by atoms with van der Waals surface area (Å²) >= 11 is 0. The molecule has 0 heterocycles. The number of aldehydes is 1. The van der Waals surface area contributed by atoms with Crippen LogP contribution in [-0.2, 0) is 14.3 Å². The first-order valence-corrected chi connectivity index (χ1v) is 12.1. The summed E-state index contributed by atoms with van der Waals surface area (Å²) in [6, 6.07) is 40.0. The zero-order valence-corrected chi connectivity index (χ0v) is 20.9. The molecule has 0 unspecified atom stereocenters. The van der Waals surface area contributed by atoms with Gasteiger partial charge < -0.3 is 4.74 Å². The van der Waals surface area contributed by atoms with Crippen LogP contribution in [0.3, 0.4) is 0 Å². The number of hydrogen-bond acceptors (Lipinski definition) is 3. The van der Waals surface area contributed by atoms with Crippen molar-refractivity contribution < 1.29 is 14.3 Å². The molecule has 0 atom stereocenters. The Balaban J connectivity index is 0.000000213. The van der Waals surface area contributed by atoms with Crippen LogP contribution in [0, 0.1) is 0 Å². The molecule has 0 aromatic heterocycles. The van der Waals surface area contributed by atoms with Crippen molar-refractivity contribution in [3.05, 3.63) is 168 Å². The van der Waals surface area contributed by atoms with E-state index in [9.17, 15) is 9.59 Å². The third-order valence-electron chi connectivity index (χ3n) is 5.36. The van der Waals surface area contributed by atoms with Gasteiger partial charge in [-0.1, -0.05) is 133 Å². The van der Waals surface area contributed by atoms with Crippen molar-refractivity contribution in [3.8, 4) is 0 Å². The molecule has 0 saturated carbocycles. The second-order valence-electron chi connectivity index (χ2n) is 7.87. The van der Waals surface area contributed by atoms with Crippen LogP contribution in [-0.4, -0.2) is 18.9 Å². The molecule has 3 nitrogen and oxygen atoms in total. The molecule has 0 radical (unpaired) electrons. The Morgan fingerprint density at radius 2 is 0.946 bits per heavy atom. The van der Waals surface area contributed by atoms with Crippen molar-refractivity contribution in [2.45, 2.75) is 6.92 Å². The molecule has 4 aromatic rings. The largest absolute Gasteiger partial charge is 0.463 e. The van der Waals surface area contributed by atoms with Crippen LogP contribution in [0.25, 0.3) is 11.1 Å². The minimum absolute atomic E-state index is 0.325. The number of esters is 1. The lowest BCUT2D eigenvalue weighted by Crippen LogP contribution is -1.98. The molecule has 0 saturated heterocycles. The lowest BCUT2D eigenvalue weighted by Gasteiger charge is -2.07. The molecule has 4 rings (SSSR count). The number of carbonyl (C=O) groups is 2. The second kappa shape index (κ2) is 15.3. The molecule has 184 valence electrons. The third kappa shape index (κ3) is 8.75. The zero-order valence-electron chi connectivity index (χ0n) is 20.9. The van der Waals surface area contributed by atoms with Crippen molar-refractivity contribution in [2.24, 2.45) is 0 Å². The van der Waals surface area contributed by atoms with E-state index in [1.165, 1.54) is 6.08 Å². The van der Waals surface area contributed by atoms with E-state index < -0.39 is 0 Å². The summed E-state index contributed by atoms with van der Waals surface area (Å²) in [5.74, 6) is -0.325. The first-order chi connectivity index (χ1) is 18.2. The number of rotatable bonds is 8. The highest BCUT2D eigenvalue weighted by Crippen LogP contribution is 2.23. The Morgan fingerprint density at radius 3 is 1.27 bits per heavy atom. The van der Waals surface area contributed by atoms with Gasteiger partial charge >= 0.3 is 5.97 Å². The fourth-order valence-electron chi connectivity index (χ4n) is 3.67. The molecule has 0 fully saturated rings. The smallest absolute Gasteiger partial charge is 0.330 e. The molecule has 0 aliphatic heterocycles. The van der Waals surface area contributed by atoms with Gasteiger partial charge in [0.1, 0.15) is 6.29 Å². The molecule has 0 spiro atoms. The quantitative estimate of drug-likeness (QED) is 0.112. The summed E-state index contributed by atoms with van der Waals surface area (Å²) in [6.45, 7) is 2.18. The molecule has 0 N–H and O–H groups in total. The highest BCUT2D eigenvalue weighted by molar-refractivity contribution is 5.89. The predicted molar refractivity (Wildman–Crippen MR) is 152 cm³/mol. The fraction of sp³-hybridized carbons (Fsp3) is 0.0588. The van der Waals surface area contributed by atoms with Crippen LogP contribution in [0.4, 0.5) is 0 Å². The van der Waals surface area contributed by atoms with E-state index in [1.807, 2.05) is 103 Å². The van der Waals surface area contributed by atoms with Crippen molar-refractivity contribution in [1.82, 2.24) is 0 Å². The van der Waals surface area contributed by atoms with Crippen LogP contribution >= 0.6 is 0 Å². The van der Waals surface area contributed by atoms with Gasteiger partial charge in [0.25, 0.3) is 0 Å². The molecule has 4 aromatic carbocycles.